The predicted molar refractivity (Wildman–Crippen MR) is 192 cm³/mol. The lowest BCUT2D eigenvalue weighted by molar-refractivity contribution is -0.432. The van der Waals surface area contributed by atoms with Crippen LogP contribution in [-0.4, -0.2) is 137 Å². The van der Waals surface area contributed by atoms with Crippen LogP contribution in [0, 0.1) is 23.7 Å². The summed E-state index contributed by atoms with van der Waals surface area (Å²) in [5.74, 6) is -4.52. The fraction of sp³-hybridized carbons (Fsp3) is 0.938. The first-order chi connectivity index (χ1) is 26.2. The van der Waals surface area contributed by atoms with E-state index in [0.29, 0.717) is 63.4 Å². The van der Waals surface area contributed by atoms with Gasteiger partial charge in [0.05, 0.1) is 59.6 Å². The van der Waals surface area contributed by atoms with E-state index in [-0.39, 0.29) is 25.3 Å². The summed E-state index contributed by atoms with van der Waals surface area (Å²) in [6.45, 7) is 0. The molecule has 23 heteroatoms. The third-order valence-electron chi connectivity index (χ3n) is 12.2. The SMILES string of the molecule is COC1CC(N=NC2C(SOOO)CC3CC(S(=O)(=O)O)C(N=NC4CCCC(C(=O)O)C4)C(N)C3C2O)C(OC)CC1N=NC1CCC(N)C(C(=O)O)C1. The molecule has 9 N–H and O–H groups in total. The smallest absolute Gasteiger partial charge is 0.308 e. The molecule has 5 saturated carbocycles. The molecule has 17 atom stereocenters. The van der Waals surface area contributed by atoms with Gasteiger partial charge in [0.15, 0.2) is 0 Å². The number of aliphatic hydroxyl groups is 1. The number of methoxy groups -OCH3 is 2. The Kier molecular flexibility index (Phi) is 15.5. The van der Waals surface area contributed by atoms with E-state index < -0.39 is 117 Å². The third-order valence-corrected chi connectivity index (χ3v) is 14.3. The molecule has 0 heterocycles. The maximum Gasteiger partial charge on any atom is 0.308 e. The topological polar surface area (TPSA) is 333 Å². The average molecular weight is 823 g/mol. The van der Waals surface area contributed by atoms with Crippen LogP contribution in [0.25, 0.3) is 0 Å². The number of carbonyl (C=O) groups is 2. The van der Waals surface area contributed by atoms with Crippen molar-refractivity contribution in [3.05, 3.63) is 0 Å². The molecule has 5 rings (SSSR count). The molecule has 55 heavy (non-hydrogen) atoms. The van der Waals surface area contributed by atoms with Crippen LogP contribution in [0.4, 0.5) is 0 Å². The van der Waals surface area contributed by atoms with Crippen LogP contribution in [0.2, 0.25) is 0 Å². The van der Waals surface area contributed by atoms with Crippen LogP contribution in [-0.2, 0) is 38.6 Å². The fourth-order valence-corrected chi connectivity index (χ4v) is 11.1. The number of aliphatic carboxylic acids is 2. The lowest BCUT2D eigenvalue weighted by atomic mass is 9.64. The molecule has 0 aromatic rings. The van der Waals surface area contributed by atoms with Gasteiger partial charge in [-0.2, -0.15) is 39.1 Å². The molecule has 0 amide bonds. The van der Waals surface area contributed by atoms with Gasteiger partial charge in [-0.15, -0.1) is 4.33 Å². The van der Waals surface area contributed by atoms with Gasteiger partial charge in [-0.3, -0.25) is 14.1 Å². The van der Waals surface area contributed by atoms with Gasteiger partial charge in [-0.05, 0) is 57.3 Å². The highest BCUT2D eigenvalue weighted by atomic mass is 32.2. The number of hydrogen-bond acceptors (Lipinski definition) is 19. The van der Waals surface area contributed by atoms with Gasteiger partial charge in [0.1, 0.15) is 17.3 Å². The van der Waals surface area contributed by atoms with Crippen LogP contribution in [0.1, 0.15) is 70.6 Å². The first-order valence-electron chi connectivity index (χ1n) is 18.7. The molecule has 0 aromatic heterocycles. The minimum atomic E-state index is -4.69. The fourth-order valence-electron chi connectivity index (χ4n) is 9.20. The van der Waals surface area contributed by atoms with Crippen molar-refractivity contribution >= 4 is 34.1 Å². The Morgan fingerprint density at radius 3 is 1.98 bits per heavy atom. The molecule has 0 saturated heterocycles. The van der Waals surface area contributed by atoms with Crippen molar-refractivity contribution in [3.63, 3.8) is 0 Å². The molecule has 5 fully saturated rings. The van der Waals surface area contributed by atoms with Gasteiger partial charge < -0.3 is 36.3 Å². The molecule has 21 nitrogen and oxygen atoms in total. The predicted octanol–water partition coefficient (Wildman–Crippen LogP) is 2.29. The van der Waals surface area contributed by atoms with E-state index in [1.165, 1.54) is 14.2 Å². The van der Waals surface area contributed by atoms with E-state index in [2.05, 4.69) is 35.7 Å². The van der Waals surface area contributed by atoms with Crippen molar-refractivity contribution in [3.8, 4) is 0 Å². The van der Waals surface area contributed by atoms with Gasteiger partial charge in [-0.25, -0.2) is 5.26 Å². The number of carboxylic acids is 2. The Bertz CT molecular complexity index is 1510. The zero-order valence-electron chi connectivity index (χ0n) is 30.7. The van der Waals surface area contributed by atoms with Crippen molar-refractivity contribution in [2.45, 2.75) is 148 Å². The lowest BCUT2D eigenvalue weighted by Gasteiger charge is -2.50. The minimum Gasteiger partial charge on any atom is -0.481 e. The summed E-state index contributed by atoms with van der Waals surface area (Å²) in [5, 5.41) is 68.4. The summed E-state index contributed by atoms with van der Waals surface area (Å²) in [5.41, 5.74) is 12.7. The second-order valence-electron chi connectivity index (χ2n) is 15.5. The number of aliphatic hydroxyl groups excluding tert-OH is 1. The van der Waals surface area contributed by atoms with E-state index in [1.54, 1.807) is 0 Å². The van der Waals surface area contributed by atoms with E-state index in [4.69, 9.17) is 30.5 Å². The Hall–Kier alpha value is -2.32. The molecular formula is C32H54N8O13S2. The van der Waals surface area contributed by atoms with Gasteiger partial charge in [0.2, 0.25) is 0 Å². The largest absolute Gasteiger partial charge is 0.481 e. The van der Waals surface area contributed by atoms with E-state index >= 15 is 0 Å². The number of carboxylic acid groups (broad SMARTS) is 2. The van der Waals surface area contributed by atoms with Crippen LogP contribution >= 0.6 is 12.0 Å². The van der Waals surface area contributed by atoms with Crippen molar-refractivity contribution in [1.29, 1.82) is 0 Å². The maximum atomic E-state index is 12.7. The molecule has 0 radical (unpaired) electrons. The van der Waals surface area contributed by atoms with Gasteiger partial charge in [0.25, 0.3) is 10.1 Å². The van der Waals surface area contributed by atoms with Crippen molar-refractivity contribution in [2.75, 3.05) is 14.2 Å². The summed E-state index contributed by atoms with van der Waals surface area (Å²) < 4.78 is 51.9. The molecule has 0 bridgehead atoms. The normalized spacial score (nSPS) is 43.1. The highest BCUT2D eigenvalue weighted by Gasteiger charge is 2.56. The first-order valence-corrected chi connectivity index (χ1v) is 21.0. The van der Waals surface area contributed by atoms with Gasteiger partial charge in [-0.1, -0.05) is 11.5 Å². The number of nitrogens with zero attached hydrogens (tertiary/aromatic N) is 6. The molecule has 17 unspecified atom stereocenters. The molecule has 5 aliphatic carbocycles. The molecule has 0 aromatic carbocycles. The third kappa shape index (κ3) is 10.6. The van der Waals surface area contributed by atoms with Crippen molar-refractivity contribution in [1.82, 2.24) is 0 Å². The van der Waals surface area contributed by atoms with Gasteiger partial charge >= 0.3 is 11.9 Å². The number of ether oxygens (including phenoxy) is 2. The second-order valence-corrected chi connectivity index (χ2v) is 18.0. The first kappa shape index (κ1) is 43.8. The highest BCUT2D eigenvalue weighted by Crippen LogP contribution is 2.47. The van der Waals surface area contributed by atoms with Crippen LogP contribution in [0.15, 0.2) is 30.7 Å². The Balaban J connectivity index is 1.33. The standard InChI is InChI=1S/C32H54N8O13S2/c1-50-22-13-21(23(51-2)12-20(22)37-35-17-6-7-19(33)18(11-17)32(44)45)38-39-28-24(54-53-52-46)9-15-10-25(55(47,48)49)29(27(34)26(15)30(28)41)40-36-16-5-3-4-14(8-16)31(42)43/h14-30,41,46H,3-13,33-34H2,1-2H3,(H,42,43)(H,44,45)(H,47,48,49). The molecule has 0 spiro atoms. The van der Waals surface area contributed by atoms with Gasteiger partial charge in [0, 0.05) is 57.1 Å². The summed E-state index contributed by atoms with van der Waals surface area (Å²) >= 11 is 0.671. The summed E-state index contributed by atoms with van der Waals surface area (Å²) in [6, 6.07) is -5.47. The number of rotatable bonds is 14. The van der Waals surface area contributed by atoms with E-state index in [9.17, 15) is 37.9 Å². The monoisotopic (exact) mass is 822 g/mol. The zero-order valence-corrected chi connectivity index (χ0v) is 32.4. The summed E-state index contributed by atoms with van der Waals surface area (Å²) in [7, 11) is -1.63. The average Bonchev–Trinajstić information content (AvgIpc) is 3.15. The molecule has 0 aliphatic heterocycles. The molecular weight excluding hydrogens is 769 g/mol. The van der Waals surface area contributed by atoms with E-state index in [1.807, 2.05) is 0 Å². The van der Waals surface area contributed by atoms with Crippen molar-refractivity contribution in [2.24, 2.45) is 65.8 Å². The van der Waals surface area contributed by atoms with E-state index in [0.717, 1.165) is 0 Å². The van der Waals surface area contributed by atoms with Crippen molar-refractivity contribution < 1.29 is 62.0 Å². The Morgan fingerprint density at radius 2 is 1.38 bits per heavy atom. The van der Waals surface area contributed by atoms with Crippen LogP contribution in [0.5, 0.6) is 0 Å². The minimum absolute atomic E-state index is 0.119. The lowest BCUT2D eigenvalue weighted by Crippen LogP contribution is -2.64. The number of nitrogens with two attached hydrogens (primary N) is 2. The quantitative estimate of drug-likeness (QED) is 0.0434. The second kappa shape index (κ2) is 19.4. The Morgan fingerprint density at radius 1 is 0.764 bits per heavy atom. The Labute approximate surface area is 323 Å². The number of fused-ring (bicyclic) bond motifs is 1. The summed E-state index contributed by atoms with van der Waals surface area (Å²) in [6.07, 6.45) is 1.86. The zero-order chi connectivity index (χ0) is 40.0. The highest BCUT2D eigenvalue weighted by molar-refractivity contribution is 7.95. The maximum absolute atomic E-state index is 12.7. The van der Waals surface area contributed by atoms with Crippen LogP contribution in [0.3, 0.4) is 0 Å². The number of azo groups is 3. The molecule has 5 aliphatic rings. The summed E-state index contributed by atoms with van der Waals surface area (Å²) in [4.78, 5) is 23.2. The van der Waals surface area contributed by atoms with Crippen LogP contribution < -0.4 is 11.5 Å². The molecule has 312 valence electrons. The number of hydrogen-bond donors (Lipinski definition) is 7.